The van der Waals surface area contributed by atoms with Gasteiger partial charge in [-0.25, -0.2) is 4.98 Å². The zero-order chi connectivity index (χ0) is 17.1. The zero-order valence-corrected chi connectivity index (χ0v) is 15.7. The lowest BCUT2D eigenvalue weighted by Crippen LogP contribution is -2.17. The van der Waals surface area contributed by atoms with Gasteiger partial charge in [0.2, 0.25) is 11.0 Å². The Bertz CT molecular complexity index is 770. The number of hydrazone groups is 1. The maximum absolute atomic E-state index is 11.9. The van der Waals surface area contributed by atoms with E-state index in [9.17, 15) is 4.79 Å². The molecule has 0 atom stereocenters. The molecule has 2 N–H and O–H groups in total. The molecule has 1 aromatic carbocycles. The molecule has 2 rings (SSSR count). The number of carbonyl (C=O) groups excluding carboxylic acids is 1. The van der Waals surface area contributed by atoms with Crippen LogP contribution >= 0.6 is 34.5 Å². The molecular formula is C15H18Cl2N4OS. The van der Waals surface area contributed by atoms with Crippen LogP contribution in [-0.4, -0.2) is 16.6 Å². The lowest BCUT2D eigenvalue weighted by atomic mass is 10.2. The number of amides is 1. The predicted octanol–water partition coefficient (Wildman–Crippen LogP) is 5.40. The van der Waals surface area contributed by atoms with E-state index in [1.165, 1.54) is 11.3 Å². The van der Waals surface area contributed by atoms with E-state index in [0.29, 0.717) is 31.1 Å². The molecule has 0 saturated heterocycles. The molecule has 23 heavy (non-hydrogen) atoms. The highest BCUT2D eigenvalue weighted by atomic mass is 35.5. The Morgan fingerprint density at radius 2 is 2.13 bits per heavy atom. The summed E-state index contributed by atoms with van der Waals surface area (Å²) in [5, 5.41) is 8.47. The number of benzene rings is 1. The molecular weight excluding hydrogens is 355 g/mol. The number of halogens is 2. The van der Waals surface area contributed by atoms with E-state index in [1.807, 2.05) is 27.7 Å². The van der Waals surface area contributed by atoms with E-state index in [2.05, 4.69) is 20.8 Å². The smallest absolute Gasteiger partial charge is 0.226 e. The Morgan fingerprint density at radius 1 is 1.43 bits per heavy atom. The van der Waals surface area contributed by atoms with Crippen molar-refractivity contribution in [1.29, 1.82) is 0 Å². The average Bonchev–Trinajstić information content (AvgIpc) is 2.94. The Morgan fingerprint density at radius 3 is 2.74 bits per heavy atom. The van der Waals surface area contributed by atoms with E-state index in [1.54, 1.807) is 6.07 Å². The van der Waals surface area contributed by atoms with Crippen molar-refractivity contribution in [2.75, 3.05) is 10.7 Å². The molecule has 0 bridgehead atoms. The van der Waals surface area contributed by atoms with Gasteiger partial charge in [-0.1, -0.05) is 55.3 Å². The van der Waals surface area contributed by atoms with Crippen LogP contribution in [0.3, 0.4) is 0 Å². The summed E-state index contributed by atoms with van der Waals surface area (Å²) in [6.07, 6.45) is 0.852. The number of hydrogen-bond acceptors (Lipinski definition) is 5. The summed E-state index contributed by atoms with van der Waals surface area (Å²) in [7, 11) is 0. The van der Waals surface area contributed by atoms with Crippen LogP contribution in [0.4, 0.5) is 10.8 Å². The highest BCUT2D eigenvalue weighted by molar-refractivity contribution is 7.23. The van der Waals surface area contributed by atoms with E-state index >= 15 is 0 Å². The molecule has 0 aliphatic rings. The maximum Gasteiger partial charge on any atom is 0.226 e. The molecule has 124 valence electrons. The van der Waals surface area contributed by atoms with Crippen LogP contribution in [0.25, 0.3) is 10.2 Å². The second-order valence-electron chi connectivity index (χ2n) is 5.37. The van der Waals surface area contributed by atoms with Gasteiger partial charge >= 0.3 is 0 Å². The van der Waals surface area contributed by atoms with E-state index in [-0.39, 0.29) is 11.8 Å². The van der Waals surface area contributed by atoms with Gasteiger partial charge in [-0.2, -0.15) is 5.10 Å². The number of nitrogens with zero attached hydrogens (tertiary/aromatic N) is 2. The molecule has 0 unspecified atom stereocenters. The largest absolute Gasteiger partial charge is 0.324 e. The first kappa shape index (κ1) is 18.0. The lowest BCUT2D eigenvalue weighted by Gasteiger charge is -2.10. The average molecular weight is 373 g/mol. The Kier molecular flexibility index (Phi) is 5.84. The molecule has 2 aromatic rings. The molecule has 0 aliphatic heterocycles. The van der Waals surface area contributed by atoms with Gasteiger partial charge < -0.3 is 5.32 Å². The van der Waals surface area contributed by atoms with Crippen molar-refractivity contribution in [1.82, 2.24) is 4.98 Å². The van der Waals surface area contributed by atoms with Crippen LogP contribution in [0.2, 0.25) is 10.0 Å². The van der Waals surface area contributed by atoms with Gasteiger partial charge in [0, 0.05) is 11.6 Å². The molecule has 1 heterocycles. The van der Waals surface area contributed by atoms with Crippen LogP contribution in [0.15, 0.2) is 11.2 Å². The summed E-state index contributed by atoms with van der Waals surface area (Å²) >= 11 is 14.0. The molecule has 8 heteroatoms. The second kappa shape index (κ2) is 7.47. The Balaban J connectivity index is 2.40. The number of nitrogens with one attached hydrogen (secondary N) is 2. The number of fused-ring (bicyclic) bond motifs is 1. The molecule has 5 nitrogen and oxygen atoms in total. The lowest BCUT2D eigenvalue weighted by molar-refractivity contribution is -0.118. The van der Waals surface area contributed by atoms with Gasteiger partial charge in [-0.3, -0.25) is 10.2 Å². The Labute approximate surface area is 149 Å². The first-order valence-electron chi connectivity index (χ1n) is 7.22. The van der Waals surface area contributed by atoms with E-state index in [4.69, 9.17) is 23.2 Å². The van der Waals surface area contributed by atoms with Crippen molar-refractivity contribution < 1.29 is 4.79 Å². The fourth-order valence-electron chi connectivity index (χ4n) is 1.65. The number of rotatable bonds is 5. The van der Waals surface area contributed by atoms with Crippen LogP contribution in [-0.2, 0) is 4.79 Å². The number of thiazole rings is 1. The highest BCUT2D eigenvalue weighted by Gasteiger charge is 2.17. The molecule has 1 aromatic heterocycles. The van der Waals surface area contributed by atoms with Crippen molar-refractivity contribution in [3.05, 3.63) is 16.1 Å². The summed E-state index contributed by atoms with van der Waals surface area (Å²) in [4.78, 5) is 16.3. The van der Waals surface area contributed by atoms with Crippen LogP contribution in [0.5, 0.6) is 0 Å². The molecule has 0 fully saturated rings. The van der Waals surface area contributed by atoms with Crippen molar-refractivity contribution in [3.8, 4) is 0 Å². The standard InChI is InChI=1S/C15H18Cl2N4OS/c1-5-8(4)20-21-15-19-12-9(16)6-10(11(17)13(12)23-15)18-14(22)7(2)3/h6-7H,5H2,1-4H3,(H,18,22)(H,19,21)/b20-8-. The molecule has 0 saturated carbocycles. The van der Waals surface area contributed by atoms with Gasteiger partial charge in [0.15, 0.2) is 0 Å². The van der Waals surface area contributed by atoms with Crippen molar-refractivity contribution in [2.45, 2.75) is 34.1 Å². The maximum atomic E-state index is 11.9. The predicted molar refractivity (Wildman–Crippen MR) is 100 cm³/mol. The quantitative estimate of drug-likeness (QED) is 0.545. The summed E-state index contributed by atoms with van der Waals surface area (Å²) in [5.74, 6) is -0.265. The second-order valence-corrected chi connectivity index (χ2v) is 7.16. The van der Waals surface area contributed by atoms with Gasteiger partial charge in [0.1, 0.15) is 5.52 Å². The molecule has 0 radical (unpaired) electrons. The minimum absolute atomic E-state index is 0.117. The fraction of sp³-hybridized carbons (Fsp3) is 0.400. The highest BCUT2D eigenvalue weighted by Crippen LogP contribution is 2.41. The first-order valence-corrected chi connectivity index (χ1v) is 8.79. The number of hydrogen-bond donors (Lipinski definition) is 2. The van der Waals surface area contributed by atoms with Gasteiger partial charge in [-0.05, 0) is 19.4 Å². The summed E-state index contributed by atoms with van der Waals surface area (Å²) < 4.78 is 0.713. The monoisotopic (exact) mass is 372 g/mol. The summed E-state index contributed by atoms with van der Waals surface area (Å²) in [6.45, 7) is 7.58. The third-order valence-corrected chi connectivity index (χ3v) is 4.97. The summed E-state index contributed by atoms with van der Waals surface area (Å²) in [6, 6.07) is 1.62. The van der Waals surface area contributed by atoms with Crippen molar-refractivity contribution in [3.63, 3.8) is 0 Å². The normalized spacial score (nSPS) is 12.0. The van der Waals surface area contributed by atoms with Crippen LogP contribution in [0, 0.1) is 5.92 Å². The Hall–Kier alpha value is -1.37. The minimum atomic E-state index is -0.148. The van der Waals surface area contributed by atoms with Gasteiger partial charge in [0.25, 0.3) is 0 Å². The topological polar surface area (TPSA) is 66.4 Å². The van der Waals surface area contributed by atoms with Gasteiger partial charge in [0.05, 0.1) is 20.4 Å². The third kappa shape index (κ3) is 4.13. The first-order chi connectivity index (χ1) is 10.8. The zero-order valence-electron chi connectivity index (χ0n) is 13.3. The minimum Gasteiger partial charge on any atom is -0.324 e. The van der Waals surface area contributed by atoms with Gasteiger partial charge in [-0.15, -0.1) is 0 Å². The van der Waals surface area contributed by atoms with Crippen LogP contribution < -0.4 is 10.7 Å². The number of anilines is 2. The van der Waals surface area contributed by atoms with Crippen molar-refractivity contribution in [2.24, 2.45) is 11.0 Å². The summed E-state index contributed by atoms with van der Waals surface area (Å²) in [5.41, 5.74) is 4.96. The van der Waals surface area contributed by atoms with Crippen molar-refractivity contribution >= 4 is 67.2 Å². The van der Waals surface area contributed by atoms with E-state index < -0.39 is 0 Å². The fourth-order valence-corrected chi connectivity index (χ4v) is 3.13. The number of carbonyl (C=O) groups is 1. The SMILES string of the molecule is CC/C(C)=N\Nc1nc2c(Cl)cc(NC(=O)C(C)C)c(Cl)c2s1. The number of aromatic nitrogens is 1. The van der Waals surface area contributed by atoms with Crippen LogP contribution in [0.1, 0.15) is 34.1 Å². The molecule has 1 amide bonds. The third-order valence-electron chi connectivity index (χ3n) is 3.20. The molecule has 0 spiro atoms. The van der Waals surface area contributed by atoms with E-state index in [0.717, 1.165) is 12.1 Å². The molecule has 0 aliphatic carbocycles.